The van der Waals surface area contributed by atoms with Gasteiger partial charge in [-0.15, -0.1) is 0 Å². The lowest BCUT2D eigenvalue weighted by Gasteiger charge is -2.23. The van der Waals surface area contributed by atoms with E-state index < -0.39 is 17.9 Å². The lowest BCUT2D eigenvalue weighted by Crippen LogP contribution is -2.41. The number of aliphatic imine (C=N–C) groups is 1. The molecule has 156 valence electrons. The molecule has 1 amide bonds. The Kier molecular flexibility index (Phi) is 5.94. The smallest absolute Gasteiger partial charge is 0.311 e. The number of esters is 1. The second-order valence-corrected chi connectivity index (χ2v) is 7.58. The maximum absolute atomic E-state index is 13.3. The van der Waals surface area contributed by atoms with Crippen LogP contribution in [0, 0.1) is 5.92 Å². The van der Waals surface area contributed by atoms with Gasteiger partial charge in [-0.2, -0.15) is 0 Å². The fourth-order valence-corrected chi connectivity index (χ4v) is 3.69. The number of ether oxygens (including phenoxy) is 1. The van der Waals surface area contributed by atoms with E-state index in [-0.39, 0.29) is 12.5 Å². The average molecular weight is 412 g/mol. The first kappa shape index (κ1) is 20.5. The number of hydrogen-bond donors (Lipinski definition) is 0. The zero-order chi connectivity index (χ0) is 21.8. The number of rotatable bonds is 5. The van der Waals surface area contributed by atoms with Crippen LogP contribution in [-0.4, -0.2) is 30.7 Å². The molecule has 1 aliphatic heterocycles. The minimum Gasteiger partial charge on any atom is -0.461 e. The average Bonchev–Trinajstić information content (AvgIpc) is 2.93. The van der Waals surface area contributed by atoms with Gasteiger partial charge in [0.25, 0.3) is 5.91 Å². The van der Waals surface area contributed by atoms with Gasteiger partial charge < -0.3 is 9.64 Å². The van der Waals surface area contributed by atoms with E-state index in [0.717, 1.165) is 22.4 Å². The first-order valence-corrected chi connectivity index (χ1v) is 10.3. The lowest BCUT2D eigenvalue weighted by molar-refractivity contribution is -0.151. The highest BCUT2D eigenvalue weighted by Crippen LogP contribution is 2.29. The van der Waals surface area contributed by atoms with Crippen LogP contribution in [0.3, 0.4) is 0 Å². The number of hydrogen-bond acceptors (Lipinski definition) is 4. The first-order valence-electron chi connectivity index (χ1n) is 10.3. The Morgan fingerprint density at radius 1 is 0.968 bits per heavy atom. The van der Waals surface area contributed by atoms with Crippen molar-refractivity contribution in [1.82, 2.24) is 0 Å². The highest BCUT2D eigenvalue weighted by atomic mass is 16.5. The number of benzodiazepines with no additional fused rings is 1. The SMILES string of the molecule is CC(C(=O)OCc1ccccc1)[C@@H]1N=C(c2ccccc2)c2ccccc2N(C)C1=O. The maximum Gasteiger partial charge on any atom is 0.311 e. The predicted octanol–water partition coefficient (Wildman–Crippen LogP) is 4.25. The van der Waals surface area contributed by atoms with E-state index in [4.69, 9.17) is 9.73 Å². The van der Waals surface area contributed by atoms with E-state index in [1.165, 1.54) is 0 Å². The van der Waals surface area contributed by atoms with Gasteiger partial charge in [0.05, 0.1) is 17.3 Å². The number of benzene rings is 3. The van der Waals surface area contributed by atoms with Crippen LogP contribution in [0.15, 0.2) is 89.9 Å². The van der Waals surface area contributed by atoms with Gasteiger partial charge in [-0.3, -0.25) is 14.6 Å². The molecule has 0 spiro atoms. The lowest BCUT2D eigenvalue weighted by atomic mass is 9.99. The van der Waals surface area contributed by atoms with Crippen molar-refractivity contribution in [1.29, 1.82) is 0 Å². The molecule has 5 heteroatoms. The third kappa shape index (κ3) is 4.26. The van der Waals surface area contributed by atoms with Crippen molar-refractivity contribution in [3.63, 3.8) is 0 Å². The van der Waals surface area contributed by atoms with Crippen LogP contribution in [0.25, 0.3) is 0 Å². The summed E-state index contributed by atoms with van der Waals surface area (Å²) in [5, 5.41) is 0. The van der Waals surface area contributed by atoms with Crippen LogP contribution in [0.4, 0.5) is 5.69 Å². The van der Waals surface area contributed by atoms with Crippen LogP contribution in [0.2, 0.25) is 0 Å². The Bertz CT molecular complexity index is 1110. The fourth-order valence-electron chi connectivity index (χ4n) is 3.69. The van der Waals surface area contributed by atoms with Gasteiger partial charge in [0.15, 0.2) is 0 Å². The minimum absolute atomic E-state index is 0.163. The number of para-hydroxylation sites is 1. The first-order chi connectivity index (χ1) is 15.1. The monoisotopic (exact) mass is 412 g/mol. The predicted molar refractivity (Wildman–Crippen MR) is 121 cm³/mol. The Hall–Kier alpha value is -3.73. The highest BCUT2D eigenvalue weighted by Gasteiger charge is 2.37. The molecular formula is C26H24N2O3. The van der Waals surface area contributed by atoms with Gasteiger partial charge in [0, 0.05) is 18.2 Å². The van der Waals surface area contributed by atoms with E-state index >= 15 is 0 Å². The van der Waals surface area contributed by atoms with E-state index in [0.29, 0.717) is 5.71 Å². The van der Waals surface area contributed by atoms with Crippen molar-refractivity contribution in [2.24, 2.45) is 10.9 Å². The van der Waals surface area contributed by atoms with Crippen LogP contribution in [-0.2, 0) is 20.9 Å². The molecule has 3 aromatic rings. The highest BCUT2D eigenvalue weighted by molar-refractivity contribution is 6.20. The molecule has 31 heavy (non-hydrogen) atoms. The summed E-state index contributed by atoms with van der Waals surface area (Å²) in [6.07, 6.45) is 0. The zero-order valence-electron chi connectivity index (χ0n) is 17.6. The van der Waals surface area contributed by atoms with E-state index in [2.05, 4.69) is 0 Å². The van der Waals surface area contributed by atoms with Crippen molar-refractivity contribution in [3.05, 3.63) is 102 Å². The fraction of sp³-hybridized carbons (Fsp3) is 0.192. The van der Waals surface area contributed by atoms with E-state index in [9.17, 15) is 9.59 Å². The number of carbonyl (C=O) groups is 2. The summed E-state index contributed by atoms with van der Waals surface area (Å²) in [7, 11) is 1.72. The molecule has 0 radical (unpaired) electrons. The van der Waals surface area contributed by atoms with Gasteiger partial charge in [-0.05, 0) is 18.6 Å². The number of amides is 1. The molecule has 1 aliphatic rings. The van der Waals surface area contributed by atoms with Gasteiger partial charge in [0.1, 0.15) is 12.6 Å². The molecule has 0 saturated carbocycles. The maximum atomic E-state index is 13.3. The molecule has 0 N–H and O–H groups in total. The molecular weight excluding hydrogens is 388 g/mol. The van der Waals surface area contributed by atoms with Crippen molar-refractivity contribution < 1.29 is 14.3 Å². The largest absolute Gasteiger partial charge is 0.461 e. The summed E-state index contributed by atoms with van der Waals surface area (Å²) in [5.41, 5.74) is 4.11. The molecule has 1 unspecified atom stereocenters. The Labute approximate surface area is 182 Å². The Morgan fingerprint density at radius 3 is 2.29 bits per heavy atom. The summed E-state index contributed by atoms with van der Waals surface area (Å²) in [4.78, 5) is 32.6. The molecule has 4 rings (SSSR count). The molecule has 0 fully saturated rings. The van der Waals surface area contributed by atoms with Gasteiger partial charge >= 0.3 is 5.97 Å². The third-order valence-corrected chi connectivity index (χ3v) is 5.49. The van der Waals surface area contributed by atoms with Gasteiger partial charge in [-0.25, -0.2) is 0 Å². The number of anilines is 1. The molecule has 0 bridgehead atoms. The third-order valence-electron chi connectivity index (χ3n) is 5.49. The van der Waals surface area contributed by atoms with Crippen LogP contribution in [0.1, 0.15) is 23.6 Å². The van der Waals surface area contributed by atoms with Crippen LogP contribution < -0.4 is 4.90 Å². The summed E-state index contributed by atoms with van der Waals surface area (Å²) >= 11 is 0. The molecule has 3 aromatic carbocycles. The number of fused-ring (bicyclic) bond motifs is 1. The second kappa shape index (κ2) is 8.96. The number of carbonyl (C=O) groups excluding carboxylic acids is 2. The van der Waals surface area contributed by atoms with Crippen LogP contribution in [0.5, 0.6) is 0 Å². The zero-order valence-corrected chi connectivity index (χ0v) is 17.6. The van der Waals surface area contributed by atoms with Gasteiger partial charge in [0.2, 0.25) is 0 Å². The summed E-state index contributed by atoms with van der Waals surface area (Å²) in [6, 6.07) is 26.0. The normalized spacial score (nSPS) is 16.7. The quantitative estimate of drug-likeness (QED) is 0.589. The minimum atomic E-state index is -0.879. The van der Waals surface area contributed by atoms with Crippen molar-refractivity contribution in [3.8, 4) is 0 Å². The Balaban J connectivity index is 1.68. The van der Waals surface area contributed by atoms with E-state index in [1.807, 2.05) is 84.9 Å². The van der Waals surface area contributed by atoms with Crippen molar-refractivity contribution >= 4 is 23.3 Å². The number of nitrogens with zero attached hydrogens (tertiary/aromatic N) is 2. The van der Waals surface area contributed by atoms with Crippen molar-refractivity contribution in [2.45, 2.75) is 19.6 Å². The molecule has 0 aliphatic carbocycles. The second-order valence-electron chi connectivity index (χ2n) is 7.58. The standard InChI is InChI=1S/C26H24N2O3/c1-18(26(30)31-17-19-11-5-3-6-12-19)23-25(29)28(2)22-16-10-9-15-21(22)24(27-23)20-13-7-4-8-14-20/h3-16,18,23H,17H2,1-2H3/t18?,23-/m0/s1. The molecule has 0 aromatic heterocycles. The van der Waals surface area contributed by atoms with Crippen LogP contribution >= 0.6 is 0 Å². The molecule has 5 nitrogen and oxygen atoms in total. The van der Waals surface area contributed by atoms with E-state index in [1.54, 1.807) is 18.9 Å². The summed E-state index contributed by atoms with van der Waals surface area (Å²) in [6.45, 7) is 1.86. The summed E-state index contributed by atoms with van der Waals surface area (Å²) in [5.74, 6) is -1.41. The molecule has 0 saturated heterocycles. The Morgan fingerprint density at radius 2 is 1.58 bits per heavy atom. The van der Waals surface area contributed by atoms with Crippen molar-refractivity contribution in [2.75, 3.05) is 11.9 Å². The summed E-state index contributed by atoms with van der Waals surface area (Å²) < 4.78 is 5.51. The number of likely N-dealkylation sites (N-methyl/N-ethyl adjacent to an activating group) is 1. The molecule has 1 heterocycles. The molecule has 2 atom stereocenters. The van der Waals surface area contributed by atoms with Gasteiger partial charge in [-0.1, -0.05) is 78.9 Å². The topological polar surface area (TPSA) is 59.0 Å².